The van der Waals surface area contributed by atoms with Gasteiger partial charge < -0.3 is 16.2 Å². The number of carboxylic acid groups (broad SMARTS) is 1. The van der Waals surface area contributed by atoms with Gasteiger partial charge >= 0.3 is 5.97 Å². The highest BCUT2D eigenvalue weighted by Crippen LogP contribution is 2.25. The first-order valence-corrected chi connectivity index (χ1v) is 6.29. The third-order valence-electron chi connectivity index (χ3n) is 2.45. The number of aliphatic carboxylic acids is 1. The number of nitrogens with one attached hydrogen (secondary N) is 1. The summed E-state index contributed by atoms with van der Waals surface area (Å²) in [4.78, 5) is 14.7. The molecule has 0 amide bonds. The maximum Gasteiger partial charge on any atom is 0.326 e. The first-order chi connectivity index (χ1) is 9.51. The number of hydrogen-bond acceptors (Lipinski definition) is 6. The van der Waals surface area contributed by atoms with Crippen LogP contribution in [0.3, 0.4) is 0 Å². The van der Waals surface area contributed by atoms with E-state index < -0.39 is 17.8 Å². The van der Waals surface area contributed by atoms with Gasteiger partial charge in [-0.2, -0.15) is 5.26 Å². The van der Waals surface area contributed by atoms with Crippen molar-refractivity contribution in [3.05, 3.63) is 40.7 Å². The van der Waals surface area contributed by atoms with Crippen LogP contribution in [0.5, 0.6) is 0 Å². The molecule has 0 aliphatic rings. The molecular weight excluding hydrogens is 283 g/mol. The second-order valence-corrected chi connectivity index (χ2v) is 4.68. The molecule has 1 heterocycles. The molecule has 0 aliphatic heterocycles. The number of nitrogens with zero attached hydrogens (tertiary/aromatic N) is 2. The monoisotopic (exact) mass is 292 g/mol. The quantitative estimate of drug-likeness (QED) is 0.794. The van der Waals surface area contributed by atoms with Crippen molar-refractivity contribution in [1.29, 1.82) is 5.26 Å². The molecule has 1 atom stereocenters. The summed E-state index contributed by atoms with van der Waals surface area (Å²) in [6.07, 6.45) is 0. The minimum atomic E-state index is -1.22. The first kappa shape index (κ1) is 13.9. The molecule has 6 nitrogen and oxygen atoms in total. The third kappa shape index (κ3) is 2.90. The van der Waals surface area contributed by atoms with Crippen molar-refractivity contribution in [2.75, 3.05) is 5.32 Å². The van der Waals surface area contributed by atoms with Crippen molar-refractivity contribution in [1.82, 2.24) is 4.98 Å². The number of halogens is 1. The molecule has 102 valence electrons. The molecule has 2 aromatic rings. The number of thiazole rings is 1. The molecule has 0 bridgehead atoms. The number of anilines is 2. The predicted molar refractivity (Wildman–Crippen MR) is 71.1 cm³/mol. The van der Waals surface area contributed by atoms with Crippen LogP contribution in [-0.2, 0) is 4.79 Å². The minimum Gasteiger partial charge on any atom is -0.480 e. The van der Waals surface area contributed by atoms with E-state index in [-0.39, 0.29) is 16.9 Å². The number of hydrogen-bond donors (Lipinski definition) is 3. The van der Waals surface area contributed by atoms with Gasteiger partial charge in [-0.05, 0) is 18.2 Å². The van der Waals surface area contributed by atoms with E-state index >= 15 is 0 Å². The van der Waals surface area contributed by atoms with E-state index in [1.807, 2.05) is 6.07 Å². The Morgan fingerprint density at radius 1 is 1.60 bits per heavy atom. The minimum absolute atomic E-state index is 0.147. The van der Waals surface area contributed by atoms with Gasteiger partial charge in [-0.25, -0.2) is 9.37 Å². The maximum atomic E-state index is 13.7. The molecule has 0 spiro atoms. The van der Waals surface area contributed by atoms with Crippen LogP contribution in [0.15, 0.2) is 23.6 Å². The van der Waals surface area contributed by atoms with Gasteiger partial charge in [-0.15, -0.1) is 11.3 Å². The van der Waals surface area contributed by atoms with E-state index in [0.29, 0.717) is 5.13 Å². The summed E-state index contributed by atoms with van der Waals surface area (Å²) in [6.45, 7) is 0. The summed E-state index contributed by atoms with van der Waals surface area (Å²) in [5.41, 5.74) is 5.97. The molecule has 1 aromatic heterocycles. The Kier molecular flexibility index (Phi) is 3.93. The summed E-state index contributed by atoms with van der Waals surface area (Å²) in [5.74, 6) is -1.78. The number of carbonyl (C=O) groups is 1. The van der Waals surface area contributed by atoms with Gasteiger partial charge in [0.1, 0.15) is 11.9 Å². The van der Waals surface area contributed by atoms with Gasteiger partial charge in [0.05, 0.1) is 23.0 Å². The van der Waals surface area contributed by atoms with E-state index in [1.54, 1.807) is 0 Å². The van der Waals surface area contributed by atoms with Crippen molar-refractivity contribution >= 4 is 28.1 Å². The van der Waals surface area contributed by atoms with Gasteiger partial charge in [0.2, 0.25) is 0 Å². The molecule has 0 fully saturated rings. The molecule has 0 radical (unpaired) electrons. The zero-order valence-electron chi connectivity index (χ0n) is 10.0. The molecule has 0 aliphatic carbocycles. The fraction of sp³-hybridized carbons (Fsp3) is 0.0833. The average molecular weight is 292 g/mol. The lowest BCUT2D eigenvalue weighted by molar-refractivity contribution is -0.138. The first-order valence-electron chi connectivity index (χ1n) is 5.41. The van der Waals surface area contributed by atoms with Crippen LogP contribution >= 0.6 is 11.3 Å². The summed E-state index contributed by atoms with van der Waals surface area (Å²) in [6, 6.07) is 4.58. The molecule has 20 heavy (non-hydrogen) atoms. The zero-order valence-corrected chi connectivity index (χ0v) is 10.8. The Labute approximate surface area is 117 Å². The second kappa shape index (κ2) is 5.64. The summed E-state index contributed by atoms with van der Waals surface area (Å²) in [5, 5.41) is 21.9. The lowest BCUT2D eigenvalue weighted by Crippen LogP contribution is -2.20. The lowest BCUT2D eigenvalue weighted by Gasteiger charge is -2.04. The topological polar surface area (TPSA) is 112 Å². The Balaban J connectivity index is 2.19. The van der Waals surface area contributed by atoms with Crippen LogP contribution in [-0.4, -0.2) is 16.1 Å². The Bertz CT molecular complexity index is 695. The van der Waals surface area contributed by atoms with Crippen molar-refractivity contribution in [2.45, 2.75) is 6.04 Å². The zero-order chi connectivity index (χ0) is 14.7. The summed E-state index contributed by atoms with van der Waals surface area (Å²) >= 11 is 1.11. The Hall–Kier alpha value is -2.50. The van der Waals surface area contributed by atoms with E-state index in [1.165, 1.54) is 17.5 Å². The van der Waals surface area contributed by atoms with Crippen LogP contribution < -0.4 is 11.1 Å². The highest BCUT2D eigenvalue weighted by molar-refractivity contribution is 7.13. The third-order valence-corrected chi connectivity index (χ3v) is 3.22. The maximum absolute atomic E-state index is 13.7. The number of benzene rings is 1. The van der Waals surface area contributed by atoms with Gasteiger partial charge in [0, 0.05) is 5.38 Å². The fourth-order valence-electron chi connectivity index (χ4n) is 1.41. The molecule has 4 N–H and O–H groups in total. The Morgan fingerprint density at radius 3 is 2.95 bits per heavy atom. The van der Waals surface area contributed by atoms with Gasteiger partial charge in [0.25, 0.3) is 0 Å². The summed E-state index contributed by atoms with van der Waals surface area (Å²) < 4.78 is 13.7. The van der Waals surface area contributed by atoms with E-state index in [4.69, 9.17) is 16.1 Å². The van der Waals surface area contributed by atoms with Crippen LogP contribution in [0.1, 0.15) is 17.3 Å². The normalized spacial score (nSPS) is 11.7. The molecule has 1 unspecified atom stereocenters. The number of rotatable bonds is 4. The van der Waals surface area contributed by atoms with Gasteiger partial charge in [-0.1, -0.05) is 0 Å². The van der Waals surface area contributed by atoms with Crippen LogP contribution in [0.2, 0.25) is 0 Å². The van der Waals surface area contributed by atoms with Crippen LogP contribution in [0.25, 0.3) is 0 Å². The molecule has 0 saturated heterocycles. The highest BCUT2D eigenvalue weighted by atomic mass is 32.1. The smallest absolute Gasteiger partial charge is 0.326 e. The predicted octanol–water partition coefficient (Wildman–Crippen LogP) is 1.98. The average Bonchev–Trinajstić information content (AvgIpc) is 2.88. The van der Waals surface area contributed by atoms with E-state index in [2.05, 4.69) is 10.3 Å². The SMILES string of the molecule is N#Cc1ccc(Nc2nc(C(N)C(=O)O)cs2)c(F)c1. The van der Waals surface area contributed by atoms with Crippen molar-refractivity contribution in [3.8, 4) is 6.07 Å². The standard InChI is InChI=1S/C12H9FN4O2S/c13-7-3-6(4-14)1-2-8(7)16-12-17-9(5-20-12)10(15)11(18)19/h1-3,5,10H,15H2,(H,16,17)(H,18,19). The molecular formula is C12H9FN4O2S. The largest absolute Gasteiger partial charge is 0.480 e. The molecule has 8 heteroatoms. The van der Waals surface area contributed by atoms with Gasteiger partial charge in [0.15, 0.2) is 5.13 Å². The number of nitriles is 1. The van der Waals surface area contributed by atoms with E-state index in [9.17, 15) is 9.18 Å². The second-order valence-electron chi connectivity index (χ2n) is 3.82. The van der Waals surface area contributed by atoms with Crippen molar-refractivity contribution in [2.24, 2.45) is 5.73 Å². The fourth-order valence-corrected chi connectivity index (χ4v) is 2.17. The number of carboxylic acids is 1. The number of nitrogens with two attached hydrogens (primary N) is 1. The van der Waals surface area contributed by atoms with E-state index in [0.717, 1.165) is 17.4 Å². The molecule has 2 rings (SSSR count). The molecule has 1 aromatic carbocycles. The van der Waals surface area contributed by atoms with Crippen LogP contribution in [0, 0.1) is 17.1 Å². The van der Waals surface area contributed by atoms with Crippen LogP contribution in [0.4, 0.5) is 15.2 Å². The highest BCUT2D eigenvalue weighted by Gasteiger charge is 2.18. The number of aromatic nitrogens is 1. The lowest BCUT2D eigenvalue weighted by atomic mass is 10.2. The van der Waals surface area contributed by atoms with Crippen molar-refractivity contribution < 1.29 is 14.3 Å². The van der Waals surface area contributed by atoms with Gasteiger partial charge in [-0.3, -0.25) is 4.79 Å². The van der Waals surface area contributed by atoms with Crippen molar-refractivity contribution in [3.63, 3.8) is 0 Å². The Morgan fingerprint density at radius 2 is 2.35 bits per heavy atom. The summed E-state index contributed by atoms with van der Waals surface area (Å²) in [7, 11) is 0. The molecule has 0 saturated carbocycles.